The summed E-state index contributed by atoms with van der Waals surface area (Å²) in [6, 6.07) is 8.74. The molecule has 39 heavy (non-hydrogen) atoms. The summed E-state index contributed by atoms with van der Waals surface area (Å²) in [6.07, 6.45) is 4.85. The number of carbonyl (C=O) groups excluding carboxylic acids is 1. The number of carbonyl (C=O) groups is 1. The molecule has 1 aromatic carbocycles. The van der Waals surface area contributed by atoms with Crippen LogP contribution in [0.4, 0.5) is 5.82 Å². The number of rotatable bonds is 8. The quantitative estimate of drug-likeness (QED) is 0.407. The largest absolute Gasteiger partial charge is 0.361 e. The van der Waals surface area contributed by atoms with E-state index < -0.39 is 0 Å². The molecule has 2 aliphatic heterocycles. The van der Waals surface area contributed by atoms with Gasteiger partial charge in [0.15, 0.2) is 0 Å². The summed E-state index contributed by atoms with van der Waals surface area (Å²) in [5.41, 5.74) is 10.2. The number of nitrogens with one attached hydrogen (secondary N) is 3. The van der Waals surface area contributed by atoms with Gasteiger partial charge in [0.2, 0.25) is 0 Å². The highest BCUT2D eigenvalue weighted by molar-refractivity contribution is 6.09. The molecular formula is C30H41N7O2. The molecule has 2 atom stereocenters. The predicted octanol–water partition coefficient (Wildman–Crippen LogP) is 3.82. The lowest BCUT2D eigenvalue weighted by Gasteiger charge is -2.28. The average Bonchev–Trinajstić information content (AvgIpc) is 3.46. The van der Waals surface area contributed by atoms with Gasteiger partial charge in [-0.2, -0.15) is 0 Å². The lowest BCUT2D eigenvalue weighted by molar-refractivity contribution is 0.0707. The number of ether oxygens (including phenoxy) is 1. The second-order valence-electron chi connectivity index (χ2n) is 10.6. The van der Waals surface area contributed by atoms with Crippen LogP contribution >= 0.6 is 0 Å². The molecule has 0 radical (unpaired) electrons. The van der Waals surface area contributed by atoms with Crippen LogP contribution in [0.3, 0.4) is 0 Å². The highest BCUT2D eigenvalue weighted by Gasteiger charge is 2.27. The zero-order chi connectivity index (χ0) is 27.7. The maximum atomic E-state index is 13.8. The number of aryl methyl sites for hydroxylation is 1. The minimum atomic E-state index is -0.254. The van der Waals surface area contributed by atoms with Gasteiger partial charge >= 0.3 is 0 Å². The van der Waals surface area contributed by atoms with Gasteiger partial charge in [0.1, 0.15) is 12.0 Å². The van der Waals surface area contributed by atoms with E-state index in [9.17, 15) is 4.79 Å². The van der Waals surface area contributed by atoms with E-state index in [-0.39, 0.29) is 12.1 Å². The first-order chi connectivity index (χ1) is 18.8. The summed E-state index contributed by atoms with van der Waals surface area (Å²) < 4.78 is 7.89. The maximum absolute atomic E-state index is 13.8. The second-order valence-corrected chi connectivity index (χ2v) is 10.6. The average molecular weight is 532 g/mol. The first-order valence-electron chi connectivity index (χ1n) is 13.9. The first kappa shape index (κ1) is 27.2. The summed E-state index contributed by atoms with van der Waals surface area (Å²) in [4.78, 5) is 20.9. The van der Waals surface area contributed by atoms with Crippen LogP contribution in [0.15, 0.2) is 47.9 Å². The molecule has 5 rings (SSSR count). The number of nitrogens with zero attached hydrogens (tertiary/aromatic N) is 4. The fraction of sp³-hybridized carbons (Fsp3) is 0.467. The van der Waals surface area contributed by atoms with Crippen molar-refractivity contribution in [3.63, 3.8) is 0 Å². The molecule has 1 fully saturated rings. The van der Waals surface area contributed by atoms with E-state index in [1.54, 1.807) is 7.11 Å². The van der Waals surface area contributed by atoms with E-state index in [0.717, 1.165) is 77.3 Å². The molecule has 0 bridgehead atoms. The molecule has 0 spiro atoms. The van der Waals surface area contributed by atoms with Crippen molar-refractivity contribution < 1.29 is 9.53 Å². The van der Waals surface area contributed by atoms with Gasteiger partial charge in [0.05, 0.1) is 0 Å². The highest BCUT2D eigenvalue weighted by atomic mass is 16.5. The Morgan fingerprint density at radius 1 is 1.21 bits per heavy atom. The number of benzene rings is 1. The van der Waals surface area contributed by atoms with Crippen molar-refractivity contribution >= 4 is 22.6 Å². The summed E-state index contributed by atoms with van der Waals surface area (Å²) in [5, 5.41) is 9.50. The number of pyridine rings is 1. The zero-order valence-electron chi connectivity index (χ0n) is 24.0. The third-order valence-corrected chi connectivity index (χ3v) is 8.23. The molecule has 2 aromatic heterocycles. The monoisotopic (exact) mass is 531 g/mol. The van der Waals surface area contributed by atoms with Crippen molar-refractivity contribution in [3.8, 4) is 11.1 Å². The Labute approximate surface area is 231 Å². The number of aromatic nitrogens is 2. The van der Waals surface area contributed by atoms with Crippen LogP contribution in [0.1, 0.15) is 49.2 Å². The molecule has 2 unspecified atom stereocenters. The van der Waals surface area contributed by atoms with Crippen molar-refractivity contribution in [1.82, 2.24) is 30.6 Å². The van der Waals surface area contributed by atoms with E-state index in [1.165, 1.54) is 0 Å². The Hall–Kier alpha value is -3.40. The van der Waals surface area contributed by atoms with Crippen molar-refractivity contribution in [1.29, 1.82) is 0 Å². The van der Waals surface area contributed by atoms with E-state index in [0.29, 0.717) is 18.2 Å². The van der Waals surface area contributed by atoms with Crippen LogP contribution in [0.5, 0.6) is 0 Å². The first-order valence-corrected chi connectivity index (χ1v) is 13.9. The smallest absolute Gasteiger partial charge is 0.252 e. The molecule has 0 aliphatic carbocycles. The summed E-state index contributed by atoms with van der Waals surface area (Å²) >= 11 is 0. The van der Waals surface area contributed by atoms with Gasteiger partial charge in [-0.25, -0.2) is 10.4 Å². The van der Waals surface area contributed by atoms with Gasteiger partial charge in [-0.3, -0.25) is 4.79 Å². The molecule has 9 nitrogen and oxygen atoms in total. The van der Waals surface area contributed by atoms with Gasteiger partial charge in [-0.15, -0.1) is 0 Å². The number of piperazine rings is 1. The van der Waals surface area contributed by atoms with Crippen LogP contribution in [0.2, 0.25) is 0 Å². The molecule has 2 aliphatic rings. The van der Waals surface area contributed by atoms with Crippen molar-refractivity contribution in [3.05, 3.63) is 59.1 Å². The van der Waals surface area contributed by atoms with E-state index >= 15 is 0 Å². The zero-order valence-corrected chi connectivity index (χ0v) is 24.0. The Bertz CT molecular complexity index is 1370. The topological polar surface area (TPSA) is 86.7 Å². The fourth-order valence-corrected chi connectivity index (χ4v) is 5.57. The molecule has 1 saturated heterocycles. The minimum absolute atomic E-state index is 0.0954. The molecule has 0 saturated carbocycles. The molecular weight excluding hydrogens is 490 g/mol. The van der Waals surface area contributed by atoms with E-state index in [4.69, 9.17) is 9.72 Å². The third-order valence-electron chi connectivity index (χ3n) is 8.23. The number of hydrazine groups is 1. The second kappa shape index (κ2) is 11.4. The number of amides is 1. The molecule has 4 heterocycles. The molecule has 9 heteroatoms. The van der Waals surface area contributed by atoms with E-state index in [1.807, 2.05) is 31.2 Å². The van der Waals surface area contributed by atoms with Crippen molar-refractivity contribution in [2.75, 3.05) is 51.8 Å². The number of hydrogen-bond donors (Lipinski definition) is 3. The lowest BCUT2D eigenvalue weighted by atomic mass is 9.98. The molecule has 3 N–H and O–H groups in total. The van der Waals surface area contributed by atoms with Gasteiger partial charge in [-0.05, 0) is 62.6 Å². The lowest BCUT2D eigenvalue weighted by Crippen LogP contribution is -2.43. The standard InChI is InChI=1S/C30H41N7O2/c1-7-20(3)37-18-19(2)28-24(29(38)33-17-25-21(4)35(5)34-30(25)39-6)14-23(15-26(28)37)22-8-9-27(32-16-22)36-12-10-31-11-13-36/h8-9,14-16,18,20,30-31,34H,7,10-13,17H2,1-6H3,(H,33,38). The molecule has 208 valence electrons. The number of methoxy groups -OCH3 is 1. The van der Waals surface area contributed by atoms with Gasteiger partial charge < -0.3 is 29.8 Å². The fourth-order valence-electron chi connectivity index (χ4n) is 5.57. The molecule has 1 amide bonds. The number of hydrogen-bond acceptors (Lipinski definition) is 7. The van der Waals surface area contributed by atoms with Crippen molar-refractivity contribution in [2.24, 2.45) is 0 Å². The van der Waals surface area contributed by atoms with Crippen molar-refractivity contribution in [2.45, 2.75) is 46.4 Å². The van der Waals surface area contributed by atoms with E-state index in [2.05, 4.69) is 70.7 Å². The number of allylic oxidation sites excluding steroid dienone is 1. The van der Waals surface area contributed by atoms with Crippen LogP contribution in [0.25, 0.3) is 22.0 Å². The van der Waals surface area contributed by atoms with Crippen LogP contribution in [-0.4, -0.2) is 73.6 Å². The normalized spacial score (nSPS) is 18.8. The highest BCUT2D eigenvalue weighted by Crippen LogP contribution is 2.34. The van der Waals surface area contributed by atoms with Crippen LogP contribution in [-0.2, 0) is 4.74 Å². The summed E-state index contributed by atoms with van der Waals surface area (Å²) in [5.74, 6) is 0.895. The van der Waals surface area contributed by atoms with Crippen LogP contribution in [0, 0.1) is 6.92 Å². The Kier molecular flexibility index (Phi) is 7.93. The van der Waals surface area contributed by atoms with Crippen LogP contribution < -0.4 is 21.0 Å². The minimum Gasteiger partial charge on any atom is -0.361 e. The Morgan fingerprint density at radius 2 is 1.97 bits per heavy atom. The predicted molar refractivity (Wildman–Crippen MR) is 157 cm³/mol. The summed E-state index contributed by atoms with van der Waals surface area (Å²) in [6.45, 7) is 12.8. The SMILES string of the molecule is CCC(C)n1cc(C)c2c(C(=O)NCC3=C(C)N(C)NC3OC)cc(-c3ccc(N4CCNCC4)nc3)cc21. The maximum Gasteiger partial charge on any atom is 0.252 e. The Morgan fingerprint density at radius 3 is 2.64 bits per heavy atom. The van der Waals surface area contributed by atoms with Gasteiger partial charge in [-0.1, -0.05) is 6.92 Å². The number of fused-ring (bicyclic) bond motifs is 1. The number of anilines is 1. The summed E-state index contributed by atoms with van der Waals surface area (Å²) in [7, 11) is 3.62. The third kappa shape index (κ3) is 5.26. The molecule has 3 aromatic rings. The van der Waals surface area contributed by atoms with Gasteiger partial charge in [0, 0.05) is 98.6 Å². The van der Waals surface area contributed by atoms with Gasteiger partial charge in [0.25, 0.3) is 5.91 Å². The Balaban J connectivity index is 1.52.